The van der Waals surface area contributed by atoms with Crippen LogP contribution < -0.4 is 10.6 Å². The van der Waals surface area contributed by atoms with Gasteiger partial charge in [0.25, 0.3) is 5.91 Å². The van der Waals surface area contributed by atoms with Crippen LogP contribution >= 0.6 is 11.6 Å². The smallest absolute Gasteiger partial charge is 0.381 e. The van der Waals surface area contributed by atoms with E-state index in [9.17, 15) is 18.0 Å². The van der Waals surface area contributed by atoms with E-state index < -0.39 is 23.3 Å². The molecule has 1 saturated carbocycles. The summed E-state index contributed by atoms with van der Waals surface area (Å²) < 4.78 is 42.3. The summed E-state index contributed by atoms with van der Waals surface area (Å²) in [4.78, 5) is 20.1. The van der Waals surface area contributed by atoms with Crippen molar-refractivity contribution in [1.29, 1.82) is 0 Å². The Kier molecular flexibility index (Phi) is 4.86. The molecule has 3 heterocycles. The van der Waals surface area contributed by atoms with Crippen LogP contribution in [0.2, 0.25) is 5.15 Å². The molecular weight excluding hydrogens is 457 g/mol. The van der Waals surface area contributed by atoms with Gasteiger partial charge in [0, 0.05) is 30.8 Å². The first kappa shape index (κ1) is 21.9. The van der Waals surface area contributed by atoms with E-state index in [1.807, 2.05) is 6.20 Å². The van der Waals surface area contributed by atoms with Crippen LogP contribution in [-0.2, 0) is 11.6 Å². The lowest BCUT2D eigenvalue weighted by Crippen LogP contribution is -2.24. The van der Waals surface area contributed by atoms with Crippen molar-refractivity contribution in [2.75, 3.05) is 12.4 Å². The number of aromatic nitrogens is 4. The molecule has 3 atom stereocenters. The highest BCUT2D eigenvalue weighted by Crippen LogP contribution is 2.55. The predicted molar refractivity (Wildman–Crippen MR) is 117 cm³/mol. The van der Waals surface area contributed by atoms with E-state index >= 15 is 0 Å². The zero-order valence-corrected chi connectivity index (χ0v) is 18.9. The summed E-state index contributed by atoms with van der Waals surface area (Å²) in [6.45, 7) is 4.31. The number of rotatable bonds is 4. The number of anilines is 1. The minimum absolute atomic E-state index is 0.00221. The number of nitrogens with one attached hydrogen (secondary N) is 2. The Hall–Kier alpha value is -2.88. The van der Waals surface area contributed by atoms with Crippen molar-refractivity contribution >= 4 is 28.8 Å². The van der Waals surface area contributed by atoms with Crippen molar-refractivity contribution in [2.45, 2.75) is 50.2 Å². The summed E-state index contributed by atoms with van der Waals surface area (Å²) in [5, 5.41) is 10.2. The number of nitrogens with zero attached hydrogens (tertiary/aromatic N) is 4. The molecule has 3 aromatic heterocycles. The minimum Gasteiger partial charge on any atom is -0.381 e. The van der Waals surface area contributed by atoms with E-state index in [4.69, 9.17) is 11.6 Å². The van der Waals surface area contributed by atoms with Crippen molar-refractivity contribution in [3.05, 3.63) is 52.2 Å². The molecule has 2 aliphatic rings. The number of fused-ring (bicyclic) bond motifs is 3. The van der Waals surface area contributed by atoms with E-state index in [1.54, 1.807) is 10.6 Å². The van der Waals surface area contributed by atoms with Crippen LogP contribution in [0.25, 0.3) is 5.65 Å². The second-order valence-corrected chi connectivity index (χ2v) is 9.73. The van der Waals surface area contributed by atoms with Crippen LogP contribution in [-0.4, -0.2) is 38.6 Å². The summed E-state index contributed by atoms with van der Waals surface area (Å²) in [6, 6.07) is 2.68. The van der Waals surface area contributed by atoms with Gasteiger partial charge in [-0.25, -0.2) is 14.5 Å². The van der Waals surface area contributed by atoms with E-state index in [2.05, 4.69) is 39.5 Å². The van der Waals surface area contributed by atoms with E-state index in [-0.39, 0.29) is 29.0 Å². The van der Waals surface area contributed by atoms with Gasteiger partial charge in [-0.2, -0.15) is 18.3 Å². The molecule has 0 spiro atoms. The Labute approximate surface area is 192 Å². The standard InChI is InChI=1S/C22H22ClF3N6O/c1-21(2)7-12(13-9-28-17-6-16(23)31-32(17)19(13)21)11-5-15(11)30-10-4-14(22(24,25)26)18(29-8-10)20(33)27-3/h4,6,8-9,11-12,15,30H,5,7H2,1-3H3,(H,27,33)/t11?,12-,15?/m0/s1. The van der Waals surface area contributed by atoms with Crippen molar-refractivity contribution in [1.82, 2.24) is 24.9 Å². The maximum atomic E-state index is 13.5. The molecule has 1 amide bonds. The third-order valence-corrected chi connectivity index (χ3v) is 6.78. The van der Waals surface area contributed by atoms with E-state index in [0.29, 0.717) is 10.8 Å². The zero-order valence-electron chi connectivity index (χ0n) is 18.2. The molecule has 2 unspecified atom stereocenters. The number of halogens is 4. The summed E-state index contributed by atoms with van der Waals surface area (Å²) in [5.41, 5.74) is 1.27. The van der Waals surface area contributed by atoms with Gasteiger partial charge in [0.15, 0.2) is 10.8 Å². The van der Waals surface area contributed by atoms with Gasteiger partial charge >= 0.3 is 6.18 Å². The Morgan fingerprint density at radius 1 is 1.24 bits per heavy atom. The lowest BCUT2D eigenvalue weighted by molar-refractivity contribution is -0.138. The molecule has 0 bridgehead atoms. The van der Waals surface area contributed by atoms with Crippen LogP contribution in [0, 0.1) is 5.92 Å². The highest BCUT2D eigenvalue weighted by Gasteiger charge is 2.51. The van der Waals surface area contributed by atoms with Crippen molar-refractivity contribution < 1.29 is 18.0 Å². The van der Waals surface area contributed by atoms with Gasteiger partial charge in [-0.15, -0.1) is 0 Å². The summed E-state index contributed by atoms with van der Waals surface area (Å²) in [6.07, 6.45) is 0.158. The maximum absolute atomic E-state index is 13.5. The molecule has 174 valence electrons. The van der Waals surface area contributed by atoms with Gasteiger partial charge in [0.2, 0.25) is 0 Å². The van der Waals surface area contributed by atoms with Gasteiger partial charge in [-0.3, -0.25) is 4.79 Å². The lowest BCUT2D eigenvalue weighted by atomic mass is 9.87. The van der Waals surface area contributed by atoms with Crippen LogP contribution in [0.5, 0.6) is 0 Å². The highest BCUT2D eigenvalue weighted by molar-refractivity contribution is 6.29. The first-order valence-electron chi connectivity index (χ1n) is 10.6. The quantitative estimate of drug-likeness (QED) is 0.580. The van der Waals surface area contributed by atoms with Crippen molar-refractivity contribution in [2.24, 2.45) is 5.92 Å². The summed E-state index contributed by atoms with van der Waals surface area (Å²) >= 11 is 6.09. The molecule has 7 nitrogen and oxygen atoms in total. The van der Waals surface area contributed by atoms with Gasteiger partial charge in [-0.1, -0.05) is 25.4 Å². The molecule has 0 radical (unpaired) electrons. The van der Waals surface area contributed by atoms with E-state index in [0.717, 1.165) is 30.2 Å². The normalized spacial score (nSPS) is 23.4. The average Bonchev–Trinajstić information content (AvgIpc) is 3.29. The molecule has 33 heavy (non-hydrogen) atoms. The van der Waals surface area contributed by atoms with Gasteiger partial charge in [0.05, 0.1) is 23.1 Å². The van der Waals surface area contributed by atoms with Gasteiger partial charge in [-0.05, 0) is 36.3 Å². The molecule has 2 aliphatic carbocycles. The lowest BCUT2D eigenvalue weighted by Gasteiger charge is -2.19. The SMILES string of the molecule is CNC(=O)c1ncc(NC2CC2[C@@H]2CC(C)(C)c3c2cnc2cc(Cl)nn32)cc1C(F)(F)F. The topological polar surface area (TPSA) is 84.2 Å². The number of carbonyl (C=O) groups excluding carboxylic acids is 1. The molecule has 0 saturated heterocycles. The van der Waals surface area contributed by atoms with Gasteiger partial charge < -0.3 is 10.6 Å². The first-order chi connectivity index (χ1) is 15.5. The monoisotopic (exact) mass is 478 g/mol. The highest BCUT2D eigenvalue weighted by atomic mass is 35.5. The Morgan fingerprint density at radius 3 is 2.70 bits per heavy atom. The predicted octanol–water partition coefficient (Wildman–Crippen LogP) is 4.42. The second-order valence-electron chi connectivity index (χ2n) is 9.34. The van der Waals surface area contributed by atoms with E-state index in [1.165, 1.54) is 13.2 Å². The number of alkyl halides is 3. The molecule has 2 N–H and O–H groups in total. The fourth-order valence-corrected chi connectivity index (χ4v) is 5.28. The fourth-order valence-electron chi connectivity index (χ4n) is 5.10. The maximum Gasteiger partial charge on any atom is 0.418 e. The second kappa shape index (κ2) is 7.31. The fraction of sp³-hybridized carbons (Fsp3) is 0.455. The van der Waals surface area contributed by atoms with Crippen molar-refractivity contribution in [3.8, 4) is 0 Å². The Balaban J connectivity index is 1.40. The largest absolute Gasteiger partial charge is 0.418 e. The molecule has 1 fully saturated rings. The number of amides is 1. The van der Waals surface area contributed by atoms with Crippen LogP contribution in [0.4, 0.5) is 18.9 Å². The van der Waals surface area contributed by atoms with Crippen LogP contribution in [0.1, 0.15) is 59.9 Å². The molecule has 0 aromatic carbocycles. The molecule has 5 rings (SSSR count). The number of pyridine rings is 1. The summed E-state index contributed by atoms with van der Waals surface area (Å²) in [5.74, 6) is -0.433. The number of hydrogen-bond acceptors (Lipinski definition) is 5. The molecule has 11 heteroatoms. The third-order valence-electron chi connectivity index (χ3n) is 6.60. The minimum atomic E-state index is -4.69. The van der Waals surface area contributed by atoms with Gasteiger partial charge in [0.1, 0.15) is 5.69 Å². The first-order valence-corrected chi connectivity index (χ1v) is 11.0. The Bertz CT molecular complexity index is 1270. The third kappa shape index (κ3) is 3.70. The molecule has 3 aromatic rings. The van der Waals surface area contributed by atoms with Crippen LogP contribution in [0.3, 0.4) is 0 Å². The number of hydrogen-bond donors (Lipinski definition) is 2. The Morgan fingerprint density at radius 2 is 2.00 bits per heavy atom. The average molecular weight is 479 g/mol. The van der Waals surface area contributed by atoms with Crippen molar-refractivity contribution in [3.63, 3.8) is 0 Å². The van der Waals surface area contributed by atoms with Crippen LogP contribution in [0.15, 0.2) is 24.5 Å². The number of carbonyl (C=O) groups is 1. The summed E-state index contributed by atoms with van der Waals surface area (Å²) in [7, 11) is 1.27. The molecule has 0 aliphatic heterocycles. The molecular formula is C22H22ClF3N6O. The zero-order chi connectivity index (χ0) is 23.7.